The third-order valence-corrected chi connectivity index (χ3v) is 3.89. The molecular formula is C10H22N2S. The van der Waals surface area contributed by atoms with E-state index in [1.807, 2.05) is 0 Å². The lowest BCUT2D eigenvalue weighted by molar-refractivity contribution is 0.187. The smallest absolute Gasteiger partial charge is 0.0226 e. The number of nitrogens with zero attached hydrogens (tertiary/aromatic N) is 1. The topological polar surface area (TPSA) is 29.3 Å². The van der Waals surface area contributed by atoms with E-state index in [1.54, 1.807) is 0 Å². The molecule has 1 aliphatic rings. The predicted molar refractivity (Wildman–Crippen MR) is 61.2 cm³/mol. The van der Waals surface area contributed by atoms with Gasteiger partial charge in [-0.1, -0.05) is 6.92 Å². The zero-order valence-electron chi connectivity index (χ0n) is 9.21. The lowest BCUT2D eigenvalue weighted by Crippen LogP contribution is -2.48. The highest BCUT2D eigenvalue weighted by molar-refractivity contribution is 7.99. The molecule has 1 heterocycles. The van der Waals surface area contributed by atoms with Gasteiger partial charge in [-0.2, -0.15) is 11.8 Å². The lowest BCUT2D eigenvalue weighted by atomic mass is 10.0. The molecule has 2 nitrogen and oxygen atoms in total. The Bertz CT molecular complexity index is 165. The third kappa shape index (κ3) is 3.49. The van der Waals surface area contributed by atoms with Crippen molar-refractivity contribution in [1.29, 1.82) is 0 Å². The van der Waals surface area contributed by atoms with E-state index in [4.69, 9.17) is 5.73 Å². The molecular weight excluding hydrogens is 180 g/mol. The van der Waals surface area contributed by atoms with Crippen LogP contribution in [0.5, 0.6) is 0 Å². The molecule has 0 spiro atoms. The number of likely N-dealkylation sites (N-methyl/N-ethyl adjacent to an activating group) is 1. The number of hydrogen-bond donors (Lipinski definition) is 1. The first-order valence-corrected chi connectivity index (χ1v) is 6.12. The maximum atomic E-state index is 6.00. The molecule has 0 radical (unpaired) electrons. The van der Waals surface area contributed by atoms with E-state index in [0.29, 0.717) is 0 Å². The number of nitrogens with two attached hydrogens (primary N) is 1. The Morgan fingerprint density at radius 1 is 1.46 bits per heavy atom. The minimum atomic E-state index is -0.0677. The quantitative estimate of drug-likeness (QED) is 0.750. The molecule has 2 unspecified atom stereocenters. The van der Waals surface area contributed by atoms with E-state index < -0.39 is 0 Å². The largest absolute Gasteiger partial charge is 0.324 e. The van der Waals surface area contributed by atoms with E-state index >= 15 is 0 Å². The normalized spacial score (nSPS) is 30.0. The van der Waals surface area contributed by atoms with Crippen molar-refractivity contribution in [2.75, 3.05) is 25.1 Å². The predicted octanol–water partition coefficient (Wildman–Crippen LogP) is 1.41. The Balaban J connectivity index is 2.43. The van der Waals surface area contributed by atoms with E-state index in [2.05, 4.69) is 44.5 Å². The average molecular weight is 202 g/mol. The lowest BCUT2D eigenvalue weighted by Gasteiger charge is -2.32. The summed E-state index contributed by atoms with van der Waals surface area (Å²) in [5, 5.41) is 0. The Kier molecular flexibility index (Phi) is 3.66. The zero-order chi connectivity index (χ0) is 10.1. The van der Waals surface area contributed by atoms with Gasteiger partial charge in [0.1, 0.15) is 0 Å². The standard InChI is InChI=1S/C10H22N2S/c1-8-5-13-6-9(8)12(4)7-10(2,3)11/h8-9H,5-7,11H2,1-4H3. The van der Waals surface area contributed by atoms with Crippen LogP contribution in [-0.2, 0) is 0 Å². The summed E-state index contributed by atoms with van der Waals surface area (Å²) >= 11 is 2.06. The van der Waals surface area contributed by atoms with Crippen molar-refractivity contribution in [2.24, 2.45) is 11.7 Å². The fourth-order valence-corrected chi connectivity index (χ4v) is 3.53. The van der Waals surface area contributed by atoms with Crippen LogP contribution in [-0.4, -0.2) is 41.6 Å². The molecule has 3 heteroatoms. The molecule has 1 rings (SSSR count). The molecule has 0 aromatic carbocycles. The summed E-state index contributed by atoms with van der Waals surface area (Å²) in [6, 6.07) is 0.729. The first-order valence-electron chi connectivity index (χ1n) is 4.97. The van der Waals surface area contributed by atoms with Gasteiger partial charge in [0.25, 0.3) is 0 Å². The van der Waals surface area contributed by atoms with Crippen LogP contribution in [0.3, 0.4) is 0 Å². The summed E-state index contributed by atoms with van der Waals surface area (Å²) in [5.74, 6) is 3.39. The van der Waals surface area contributed by atoms with Gasteiger partial charge in [-0.25, -0.2) is 0 Å². The highest BCUT2D eigenvalue weighted by atomic mass is 32.2. The van der Waals surface area contributed by atoms with Crippen LogP contribution < -0.4 is 5.73 Å². The van der Waals surface area contributed by atoms with Crippen molar-refractivity contribution in [3.05, 3.63) is 0 Å². The van der Waals surface area contributed by atoms with Crippen LogP contribution >= 0.6 is 11.8 Å². The van der Waals surface area contributed by atoms with Gasteiger partial charge in [0, 0.05) is 23.9 Å². The number of hydrogen-bond acceptors (Lipinski definition) is 3. The van der Waals surface area contributed by atoms with Gasteiger partial charge in [0.2, 0.25) is 0 Å². The van der Waals surface area contributed by atoms with Gasteiger partial charge in [0.05, 0.1) is 0 Å². The summed E-state index contributed by atoms with van der Waals surface area (Å²) in [4.78, 5) is 2.42. The SMILES string of the molecule is CC1CSCC1N(C)CC(C)(C)N. The fraction of sp³-hybridized carbons (Fsp3) is 1.00. The van der Waals surface area contributed by atoms with E-state index in [-0.39, 0.29) is 5.54 Å². The zero-order valence-corrected chi connectivity index (χ0v) is 10.0. The molecule has 2 atom stereocenters. The first-order chi connectivity index (χ1) is 5.90. The highest BCUT2D eigenvalue weighted by Gasteiger charge is 2.29. The monoisotopic (exact) mass is 202 g/mol. The first kappa shape index (κ1) is 11.3. The van der Waals surface area contributed by atoms with Crippen molar-refractivity contribution >= 4 is 11.8 Å². The molecule has 0 aromatic heterocycles. The van der Waals surface area contributed by atoms with E-state index in [9.17, 15) is 0 Å². The summed E-state index contributed by atoms with van der Waals surface area (Å²) < 4.78 is 0. The maximum Gasteiger partial charge on any atom is 0.0226 e. The minimum absolute atomic E-state index is 0.0677. The van der Waals surface area contributed by atoms with Crippen LogP contribution in [0.15, 0.2) is 0 Å². The van der Waals surface area contributed by atoms with Gasteiger partial charge < -0.3 is 10.6 Å². The molecule has 0 aromatic rings. The van der Waals surface area contributed by atoms with Crippen molar-refractivity contribution < 1.29 is 0 Å². The van der Waals surface area contributed by atoms with E-state index in [0.717, 1.165) is 18.5 Å². The molecule has 1 aliphatic heterocycles. The van der Waals surface area contributed by atoms with Crippen molar-refractivity contribution in [2.45, 2.75) is 32.4 Å². The molecule has 0 bridgehead atoms. The molecule has 13 heavy (non-hydrogen) atoms. The summed E-state index contributed by atoms with van der Waals surface area (Å²) in [7, 11) is 2.20. The third-order valence-electron chi connectivity index (χ3n) is 2.55. The second-order valence-corrected chi connectivity index (χ2v) is 6.06. The van der Waals surface area contributed by atoms with Crippen molar-refractivity contribution in [1.82, 2.24) is 4.90 Å². The Hall–Kier alpha value is 0.270. The molecule has 0 aliphatic carbocycles. The van der Waals surface area contributed by atoms with Crippen LogP contribution in [0.1, 0.15) is 20.8 Å². The molecule has 2 N–H and O–H groups in total. The van der Waals surface area contributed by atoms with Gasteiger partial charge in [-0.3, -0.25) is 0 Å². The van der Waals surface area contributed by atoms with Gasteiger partial charge in [0.15, 0.2) is 0 Å². The van der Waals surface area contributed by atoms with Crippen LogP contribution in [0, 0.1) is 5.92 Å². The molecule has 1 fully saturated rings. The number of thioether (sulfide) groups is 1. The molecule has 0 saturated carbocycles. The Labute approximate surface area is 86.2 Å². The fourth-order valence-electron chi connectivity index (χ4n) is 1.97. The van der Waals surface area contributed by atoms with Gasteiger partial charge in [-0.05, 0) is 32.6 Å². The minimum Gasteiger partial charge on any atom is -0.324 e. The van der Waals surface area contributed by atoms with Crippen molar-refractivity contribution in [3.8, 4) is 0 Å². The Morgan fingerprint density at radius 3 is 2.46 bits per heavy atom. The molecule has 0 amide bonds. The highest BCUT2D eigenvalue weighted by Crippen LogP contribution is 2.27. The van der Waals surface area contributed by atoms with Gasteiger partial charge in [-0.15, -0.1) is 0 Å². The van der Waals surface area contributed by atoms with Crippen LogP contribution in [0.2, 0.25) is 0 Å². The summed E-state index contributed by atoms with van der Waals surface area (Å²) in [5.41, 5.74) is 5.93. The molecule has 1 saturated heterocycles. The summed E-state index contributed by atoms with van der Waals surface area (Å²) in [6.07, 6.45) is 0. The molecule has 78 valence electrons. The van der Waals surface area contributed by atoms with Crippen LogP contribution in [0.4, 0.5) is 0 Å². The summed E-state index contributed by atoms with van der Waals surface area (Å²) in [6.45, 7) is 7.51. The maximum absolute atomic E-state index is 6.00. The van der Waals surface area contributed by atoms with Crippen LogP contribution in [0.25, 0.3) is 0 Å². The number of rotatable bonds is 3. The Morgan fingerprint density at radius 2 is 2.08 bits per heavy atom. The van der Waals surface area contributed by atoms with Crippen molar-refractivity contribution in [3.63, 3.8) is 0 Å². The second kappa shape index (κ2) is 4.20. The van der Waals surface area contributed by atoms with Gasteiger partial charge >= 0.3 is 0 Å². The average Bonchev–Trinajstić information content (AvgIpc) is 2.30. The van der Waals surface area contributed by atoms with E-state index in [1.165, 1.54) is 11.5 Å². The second-order valence-electron chi connectivity index (χ2n) is 4.99.